The van der Waals surface area contributed by atoms with Crippen molar-refractivity contribution in [3.8, 4) is 0 Å². The molecule has 5 heteroatoms. The van der Waals surface area contributed by atoms with Crippen molar-refractivity contribution in [3.05, 3.63) is 95.6 Å². The fraction of sp³-hybridized carbons (Fsp3) is 0.174. The van der Waals surface area contributed by atoms with Crippen molar-refractivity contribution in [3.63, 3.8) is 0 Å². The van der Waals surface area contributed by atoms with Crippen molar-refractivity contribution in [1.29, 1.82) is 0 Å². The van der Waals surface area contributed by atoms with Crippen LogP contribution in [0.5, 0.6) is 0 Å². The number of anilines is 1. The predicted octanol–water partition coefficient (Wildman–Crippen LogP) is 4.50. The Bertz CT molecular complexity index is 1040. The molecule has 0 radical (unpaired) electrons. The average Bonchev–Trinajstić information content (AvgIpc) is 2.69. The van der Waals surface area contributed by atoms with E-state index in [1.54, 1.807) is 30.3 Å². The van der Waals surface area contributed by atoms with Crippen molar-refractivity contribution in [2.24, 2.45) is 0 Å². The van der Waals surface area contributed by atoms with Gasteiger partial charge in [-0.05, 0) is 43.7 Å². The van der Waals surface area contributed by atoms with Crippen LogP contribution < -0.4 is 5.32 Å². The van der Waals surface area contributed by atoms with Gasteiger partial charge in [0.15, 0.2) is 9.84 Å². The Morgan fingerprint density at radius 1 is 0.821 bits per heavy atom. The number of rotatable bonds is 6. The van der Waals surface area contributed by atoms with Gasteiger partial charge in [-0.1, -0.05) is 65.7 Å². The van der Waals surface area contributed by atoms with Crippen LogP contribution in [-0.4, -0.2) is 20.1 Å². The molecule has 0 aliphatic carbocycles. The van der Waals surface area contributed by atoms with E-state index in [9.17, 15) is 13.2 Å². The van der Waals surface area contributed by atoms with Crippen LogP contribution >= 0.6 is 0 Å². The van der Waals surface area contributed by atoms with Gasteiger partial charge in [-0.25, -0.2) is 8.42 Å². The zero-order valence-corrected chi connectivity index (χ0v) is 16.7. The zero-order chi connectivity index (χ0) is 20.1. The molecule has 3 aromatic carbocycles. The van der Waals surface area contributed by atoms with E-state index < -0.39 is 15.8 Å². The van der Waals surface area contributed by atoms with Crippen LogP contribution in [0.2, 0.25) is 0 Å². The molecular weight excluding hydrogens is 370 g/mol. The maximum absolute atomic E-state index is 13.0. The summed E-state index contributed by atoms with van der Waals surface area (Å²) >= 11 is 0. The van der Waals surface area contributed by atoms with Crippen LogP contribution in [-0.2, 0) is 14.6 Å². The summed E-state index contributed by atoms with van der Waals surface area (Å²) in [7, 11) is -3.62. The van der Waals surface area contributed by atoms with E-state index in [0.29, 0.717) is 11.3 Å². The number of benzene rings is 3. The summed E-state index contributed by atoms with van der Waals surface area (Å²) in [5, 5.41) is 2.85. The lowest BCUT2D eigenvalue weighted by molar-refractivity contribution is -0.117. The first-order valence-corrected chi connectivity index (χ1v) is 10.7. The minimum atomic E-state index is -3.62. The van der Waals surface area contributed by atoms with Crippen molar-refractivity contribution in [2.45, 2.75) is 24.7 Å². The first-order chi connectivity index (χ1) is 13.3. The predicted molar refractivity (Wildman–Crippen MR) is 112 cm³/mol. The van der Waals surface area contributed by atoms with Gasteiger partial charge in [0.25, 0.3) is 0 Å². The molecule has 1 N–H and O–H groups in total. The lowest BCUT2D eigenvalue weighted by atomic mass is 9.99. The summed E-state index contributed by atoms with van der Waals surface area (Å²) in [6, 6.07) is 23.1. The van der Waals surface area contributed by atoms with Gasteiger partial charge in [0.05, 0.1) is 16.6 Å². The highest BCUT2D eigenvalue weighted by atomic mass is 32.2. The standard InChI is InChI=1S/C23H23NO3S/c1-17-8-12-19(13-9-17)22(16-28(26,27)21-6-4-3-5-7-21)23(25)24-20-14-10-18(2)11-15-20/h3-15,22H,16H2,1-2H3,(H,24,25)/t22-/m1/s1. The molecule has 0 unspecified atom stereocenters. The number of sulfone groups is 1. The molecule has 0 aliphatic heterocycles. The molecule has 0 heterocycles. The molecular formula is C23H23NO3S. The molecule has 0 saturated carbocycles. The quantitative estimate of drug-likeness (QED) is 0.671. The molecule has 4 nitrogen and oxygen atoms in total. The highest BCUT2D eigenvalue weighted by Gasteiger charge is 2.28. The first kappa shape index (κ1) is 19.8. The van der Waals surface area contributed by atoms with Crippen LogP contribution in [0.4, 0.5) is 5.69 Å². The molecule has 0 spiro atoms. The Morgan fingerprint density at radius 3 is 1.93 bits per heavy atom. The van der Waals surface area contributed by atoms with Gasteiger partial charge in [-0.2, -0.15) is 0 Å². The maximum Gasteiger partial charge on any atom is 0.232 e. The van der Waals surface area contributed by atoms with E-state index in [-0.39, 0.29) is 16.6 Å². The molecule has 1 amide bonds. The molecule has 144 valence electrons. The van der Waals surface area contributed by atoms with Gasteiger partial charge in [-0.15, -0.1) is 0 Å². The van der Waals surface area contributed by atoms with Gasteiger partial charge in [0, 0.05) is 5.69 Å². The lowest BCUT2D eigenvalue weighted by Crippen LogP contribution is -2.27. The van der Waals surface area contributed by atoms with E-state index in [2.05, 4.69) is 5.32 Å². The summed E-state index contributed by atoms with van der Waals surface area (Å²) in [6.07, 6.45) is 0. The highest BCUT2D eigenvalue weighted by molar-refractivity contribution is 7.91. The normalized spacial score (nSPS) is 12.4. The topological polar surface area (TPSA) is 63.2 Å². The summed E-state index contributed by atoms with van der Waals surface area (Å²) in [6.45, 7) is 3.92. The number of nitrogens with one attached hydrogen (secondary N) is 1. The molecule has 0 bridgehead atoms. The smallest absolute Gasteiger partial charge is 0.232 e. The summed E-state index contributed by atoms with van der Waals surface area (Å²) < 4.78 is 25.8. The summed E-state index contributed by atoms with van der Waals surface area (Å²) in [4.78, 5) is 13.2. The van der Waals surface area contributed by atoms with Crippen molar-refractivity contribution in [2.75, 3.05) is 11.1 Å². The zero-order valence-electron chi connectivity index (χ0n) is 15.9. The van der Waals surface area contributed by atoms with Gasteiger partial charge < -0.3 is 5.32 Å². The van der Waals surface area contributed by atoms with Crippen molar-refractivity contribution < 1.29 is 13.2 Å². The molecule has 0 saturated heterocycles. The molecule has 28 heavy (non-hydrogen) atoms. The van der Waals surface area contributed by atoms with E-state index in [0.717, 1.165) is 11.1 Å². The molecule has 3 rings (SSSR count). The van der Waals surface area contributed by atoms with Gasteiger partial charge in [0.2, 0.25) is 5.91 Å². The van der Waals surface area contributed by atoms with E-state index in [4.69, 9.17) is 0 Å². The Hall–Kier alpha value is -2.92. The second-order valence-corrected chi connectivity index (χ2v) is 8.95. The third kappa shape index (κ3) is 4.87. The minimum Gasteiger partial charge on any atom is -0.326 e. The van der Waals surface area contributed by atoms with Crippen LogP contribution in [0.3, 0.4) is 0 Å². The first-order valence-electron chi connectivity index (χ1n) is 9.07. The van der Waals surface area contributed by atoms with E-state index in [1.165, 1.54) is 0 Å². The fourth-order valence-electron chi connectivity index (χ4n) is 2.93. The van der Waals surface area contributed by atoms with Crippen molar-refractivity contribution >= 4 is 21.4 Å². The average molecular weight is 394 g/mol. The number of aryl methyl sites for hydroxylation is 2. The molecule has 0 aromatic heterocycles. The number of carbonyl (C=O) groups excluding carboxylic acids is 1. The largest absolute Gasteiger partial charge is 0.326 e. The van der Waals surface area contributed by atoms with Gasteiger partial charge in [-0.3, -0.25) is 4.79 Å². The Kier molecular flexibility index (Phi) is 5.95. The van der Waals surface area contributed by atoms with Crippen molar-refractivity contribution in [1.82, 2.24) is 0 Å². The van der Waals surface area contributed by atoms with E-state index >= 15 is 0 Å². The molecule has 0 fully saturated rings. The third-order valence-electron chi connectivity index (χ3n) is 4.60. The van der Waals surface area contributed by atoms with Gasteiger partial charge >= 0.3 is 0 Å². The summed E-state index contributed by atoms with van der Waals surface area (Å²) in [5.74, 6) is -1.45. The lowest BCUT2D eigenvalue weighted by Gasteiger charge is -2.18. The Labute approximate surface area is 166 Å². The number of amides is 1. The SMILES string of the molecule is Cc1ccc(NC(=O)[C@H](CS(=O)(=O)c2ccccc2)c2ccc(C)cc2)cc1. The number of hydrogen-bond donors (Lipinski definition) is 1. The maximum atomic E-state index is 13.0. The van der Waals surface area contributed by atoms with Crippen LogP contribution in [0.25, 0.3) is 0 Å². The summed E-state index contributed by atoms with van der Waals surface area (Å²) in [5.41, 5.74) is 3.45. The molecule has 1 atom stereocenters. The molecule has 3 aromatic rings. The fourth-order valence-corrected chi connectivity index (χ4v) is 4.48. The second-order valence-electron chi connectivity index (χ2n) is 6.91. The monoisotopic (exact) mass is 393 g/mol. The second kappa shape index (κ2) is 8.40. The Balaban J connectivity index is 1.92. The Morgan fingerprint density at radius 2 is 1.36 bits per heavy atom. The van der Waals surface area contributed by atoms with Crippen LogP contribution in [0.1, 0.15) is 22.6 Å². The van der Waals surface area contributed by atoms with Crippen LogP contribution in [0.15, 0.2) is 83.8 Å². The highest BCUT2D eigenvalue weighted by Crippen LogP contribution is 2.24. The van der Waals surface area contributed by atoms with E-state index in [1.807, 2.05) is 62.4 Å². The molecule has 0 aliphatic rings. The number of hydrogen-bond acceptors (Lipinski definition) is 3. The van der Waals surface area contributed by atoms with Crippen LogP contribution in [0, 0.1) is 13.8 Å². The number of carbonyl (C=O) groups is 1. The third-order valence-corrected chi connectivity index (χ3v) is 6.37. The van der Waals surface area contributed by atoms with Gasteiger partial charge in [0.1, 0.15) is 0 Å². The minimum absolute atomic E-state index is 0.218.